The molecule has 0 spiro atoms. The quantitative estimate of drug-likeness (QED) is 0.310. The first-order chi connectivity index (χ1) is 5.46. The molecule has 0 atom stereocenters. The molecule has 0 bridgehead atoms. The van der Waals surface area contributed by atoms with E-state index in [0.29, 0.717) is 9.79 Å². The second kappa shape index (κ2) is 3.53. The number of hydrogen-bond donors (Lipinski definition) is 6. The average Bonchev–Trinajstić information content (AvgIpc) is 2.08. The lowest BCUT2D eigenvalue weighted by Crippen LogP contribution is -1.82. The van der Waals surface area contributed by atoms with E-state index >= 15 is 0 Å². The summed E-state index contributed by atoms with van der Waals surface area (Å²) in [5.74, 6) is -0.655. The van der Waals surface area contributed by atoms with Crippen LogP contribution in [0, 0.1) is 0 Å². The van der Waals surface area contributed by atoms with Crippen molar-refractivity contribution in [3.05, 3.63) is 0 Å². The summed E-state index contributed by atoms with van der Waals surface area (Å²) in [7, 11) is 0. The van der Waals surface area contributed by atoms with Crippen LogP contribution in [0.5, 0.6) is 11.5 Å². The number of hydrogen-bond acceptors (Lipinski definition) is 6. The molecular weight excluding hydrogens is 232 g/mol. The Morgan fingerprint density at radius 1 is 0.583 bits per heavy atom. The summed E-state index contributed by atoms with van der Waals surface area (Å²) < 4.78 is 0. The Morgan fingerprint density at radius 2 is 0.833 bits per heavy atom. The van der Waals surface area contributed by atoms with Gasteiger partial charge in [-0.1, -0.05) is 0 Å². The minimum Gasteiger partial charge on any atom is -0.503 e. The van der Waals surface area contributed by atoms with Crippen LogP contribution < -0.4 is 0 Å². The standard InChI is InChI=1S/C6H6O2S4/c7-1-2(8)4(10)6(12)5(11)3(1)9/h7-12H. The van der Waals surface area contributed by atoms with E-state index in [9.17, 15) is 10.2 Å². The highest BCUT2D eigenvalue weighted by Crippen LogP contribution is 2.45. The largest absolute Gasteiger partial charge is 0.503 e. The Morgan fingerprint density at radius 3 is 1.08 bits per heavy atom. The van der Waals surface area contributed by atoms with Gasteiger partial charge in [-0.2, -0.15) is 0 Å². The minimum atomic E-state index is -0.328. The fraction of sp³-hybridized carbons (Fsp3) is 0. The highest BCUT2D eigenvalue weighted by Gasteiger charge is 2.15. The molecule has 0 saturated carbocycles. The second-order valence-corrected chi connectivity index (χ2v) is 3.88. The molecule has 1 aromatic rings. The summed E-state index contributed by atoms with van der Waals surface area (Å²) in [4.78, 5) is 1.17. The van der Waals surface area contributed by atoms with E-state index in [2.05, 4.69) is 50.5 Å². The van der Waals surface area contributed by atoms with E-state index < -0.39 is 0 Å². The molecule has 0 aliphatic heterocycles. The molecule has 0 amide bonds. The van der Waals surface area contributed by atoms with Gasteiger partial charge in [0.1, 0.15) is 0 Å². The molecule has 0 aromatic heterocycles. The first-order valence-electron chi connectivity index (χ1n) is 2.84. The highest BCUT2D eigenvalue weighted by atomic mass is 32.1. The first kappa shape index (κ1) is 10.3. The molecule has 0 radical (unpaired) electrons. The van der Waals surface area contributed by atoms with Gasteiger partial charge in [0.2, 0.25) is 0 Å². The number of phenols is 2. The lowest BCUT2D eigenvalue weighted by Gasteiger charge is -2.09. The van der Waals surface area contributed by atoms with Crippen molar-refractivity contribution in [2.24, 2.45) is 0 Å². The lowest BCUT2D eigenvalue weighted by molar-refractivity contribution is 0.380. The molecule has 6 heteroatoms. The van der Waals surface area contributed by atoms with Crippen molar-refractivity contribution in [1.82, 2.24) is 0 Å². The zero-order valence-electron chi connectivity index (χ0n) is 5.68. The van der Waals surface area contributed by atoms with Gasteiger partial charge in [0.05, 0.1) is 9.79 Å². The second-order valence-electron chi connectivity index (χ2n) is 2.09. The summed E-state index contributed by atoms with van der Waals surface area (Å²) in [6.45, 7) is 0. The van der Waals surface area contributed by atoms with E-state index in [1.165, 1.54) is 0 Å². The molecule has 12 heavy (non-hydrogen) atoms. The number of rotatable bonds is 0. The number of thiol groups is 4. The zero-order chi connectivity index (χ0) is 9.46. The monoisotopic (exact) mass is 238 g/mol. The molecular formula is C6H6O2S4. The SMILES string of the molecule is Oc1c(O)c(S)c(S)c(S)c1S. The summed E-state index contributed by atoms with van der Waals surface area (Å²) in [5.41, 5.74) is 0. The Hall–Kier alpha value is 0.220. The molecule has 0 unspecified atom stereocenters. The van der Waals surface area contributed by atoms with E-state index in [4.69, 9.17) is 0 Å². The third-order valence-corrected chi connectivity index (χ3v) is 3.64. The molecule has 0 heterocycles. The first-order valence-corrected chi connectivity index (χ1v) is 4.63. The van der Waals surface area contributed by atoms with Gasteiger partial charge in [0, 0.05) is 9.79 Å². The van der Waals surface area contributed by atoms with Gasteiger partial charge in [-0.3, -0.25) is 0 Å². The average molecular weight is 238 g/mol. The van der Waals surface area contributed by atoms with E-state index in [1.807, 2.05) is 0 Å². The smallest absolute Gasteiger partial charge is 0.173 e. The Labute approximate surface area is 91.6 Å². The Kier molecular flexibility index (Phi) is 3.03. The van der Waals surface area contributed by atoms with Crippen molar-refractivity contribution >= 4 is 50.5 Å². The predicted molar refractivity (Wildman–Crippen MR) is 58.8 cm³/mol. The molecule has 2 N–H and O–H groups in total. The maximum absolute atomic E-state index is 9.23. The summed E-state index contributed by atoms with van der Waals surface area (Å²) in [6.07, 6.45) is 0. The van der Waals surface area contributed by atoms with E-state index in [1.54, 1.807) is 0 Å². The predicted octanol–water partition coefficient (Wildman–Crippen LogP) is 2.25. The van der Waals surface area contributed by atoms with Crippen molar-refractivity contribution in [3.8, 4) is 11.5 Å². The summed E-state index contributed by atoms with van der Waals surface area (Å²) >= 11 is 15.9. The van der Waals surface area contributed by atoms with Crippen molar-refractivity contribution < 1.29 is 10.2 Å². The van der Waals surface area contributed by atoms with Gasteiger partial charge in [-0.05, 0) is 0 Å². The van der Waals surface area contributed by atoms with Crippen LogP contribution >= 0.6 is 50.5 Å². The number of benzene rings is 1. The molecule has 1 aromatic carbocycles. The van der Waals surface area contributed by atoms with Crippen molar-refractivity contribution in [1.29, 1.82) is 0 Å². The maximum Gasteiger partial charge on any atom is 0.173 e. The van der Waals surface area contributed by atoms with Crippen LogP contribution in [0.4, 0.5) is 0 Å². The van der Waals surface area contributed by atoms with E-state index in [-0.39, 0.29) is 21.3 Å². The van der Waals surface area contributed by atoms with Gasteiger partial charge >= 0.3 is 0 Å². The van der Waals surface area contributed by atoms with Crippen LogP contribution in [0.3, 0.4) is 0 Å². The molecule has 2 nitrogen and oxygen atoms in total. The maximum atomic E-state index is 9.23. The Balaban J connectivity index is 3.60. The molecule has 66 valence electrons. The van der Waals surface area contributed by atoms with Crippen LogP contribution in [0.25, 0.3) is 0 Å². The minimum absolute atomic E-state index is 0.193. The van der Waals surface area contributed by atoms with Crippen LogP contribution in [0.1, 0.15) is 0 Å². The molecule has 1 rings (SSSR count). The fourth-order valence-electron chi connectivity index (χ4n) is 0.673. The number of aromatic hydroxyl groups is 2. The van der Waals surface area contributed by atoms with Gasteiger partial charge in [-0.25, -0.2) is 0 Å². The molecule has 0 saturated heterocycles. The third kappa shape index (κ3) is 1.48. The number of phenolic OH excluding ortho intramolecular Hbond substituents is 2. The zero-order valence-corrected chi connectivity index (χ0v) is 9.26. The lowest BCUT2D eigenvalue weighted by atomic mass is 10.3. The molecule has 0 aliphatic carbocycles. The summed E-state index contributed by atoms with van der Waals surface area (Å²) in [6, 6.07) is 0. The van der Waals surface area contributed by atoms with Gasteiger partial charge in [-0.15, -0.1) is 50.5 Å². The fourth-order valence-corrected chi connectivity index (χ4v) is 1.72. The van der Waals surface area contributed by atoms with Crippen LogP contribution in [0.15, 0.2) is 19.6 Å². The molecule has 0 aliphatic rings. The summed E-state index contributed by atoms with van der Waals surface area (Å²) in [5, 5.41) is 18.5. The molecule has 0 fully saturated rings. The van der Waals surface area contributed by atoms with E-state index in [0.717, 1.165) is 0 Å². The third-order valence-electron chi connectivity index (χ3n) is 1.35. The van der Waals surface area contributed by atoms with Crippen molar-refractivity contribution in [2.45, 2.75) is 19.6 Å². The van der Waals surface area contributed by atoms with Gasteiger partial charge in [0.15, 0.2) is 11.5 Å². The Bertz CT molecular complexity index is 232. The van der Waals surface area contributed by atoms with Crippen LogP contribution in [0.2, 0.25) is 0 Å². The van der Waals surface area contributed by atoms with Crippen LogP contribution in [-0.4, -0.2) is 10.2 Å². The van der Waals surface area contributed by atoms with Crippen LogP contribution in [-0.2, 0) is 0 Å². The van der Waals surface area contributed by atoms with Crippen molar-refractivity contribution in [2.75, 3.05) is 0 Å². The highest BCUT2D eigenvalue weighted by molar-refractivity contribution is 7.86. The van der Waals surface area contributed by atoms with Gasteiger partial charge < -0.3 is 10.2 Å². The van der Waals surface area contributed by atoms with Crippen molar-refractivity contribution in [3.63, 3.8) is 0 Å². The topological polar surface area (TPSA) is 40.5 Å². The normalized spacial score (nSPS) is 10.3. The van der Waals surface area contributed by atoms with Gasteiger partial charge in [0.25, 0.3) is 0 Å².